The second-order valence-electron chi connectivity index (χ2n) is 13.0. The SMILES string of the molecule is C=CC1CC23CC([C@@H](O)c4cc[n+](Cc5ccc(C(F)(F)F)cc5)c5ccccc45)[N+]2(Cc2ccc(C(F)(F)F)cc2)CCC13. The molecular formula is C36H34F6N2O+2. The van der Waals surface area contributed by atoms with E-state index in [0.717, 1.165) is 77.7 Å². The van der Waals surface area contributed by atoms with Gasteiger partial charge >= 0.3 is 12.4 Å². The van der Waals surface area contributed by atoms with E-state index in [1.54, 1.807) is 12.1 Å². The Hall–Kier alpha value is -3.69. The summed E-state index contributed by atoms with van der Waals surface area (Å²) in [6.45, 7) is 5.80. The predicted molar refractivity (Wildman–Crippen MR) is 157 cm³/mol. The van der Waals surface area contributed by atoms with E-state index in [4.69, 9.17) is 0 Å². The number of nitrogens with zero attached hydrogens (tertiary/aromatic N) is 2. The summed E-state index contributed by atoms with van der Waals surface area (Å²) in [7, 11) is 0. The Kier molecular flexibility index (Phi) is 6.95. The molecule has 1 saturated carbocycles. The third kappa shape index (κ3) is 4.69. The fourth-order valence-corrected chi connectivity index (χ4v) is 8.88. The van der Waals surface area contributed by atoms with Crippen molar-refractivity contribution in [2.45, 2.75) is 62.4 Å². The minimum atomic E-state index is -4.40. The molecule has 3 aromatic carbocycles. The lowest BCUT2D eigenvalue weighted by atomic mass is 9.51. The molecule has 1 N–H and O–H groups in total. The fraction of sp³-hybridized carbons (Fsp3) is 0.361. The molecule has 1 aromatic heterocycles. The molecule has 3 heterocycles. The van der Waals surface area contributed by atoms with Crippen LogP contribution in [0.4, 0.5) is 26.3 Å². The van der Waals surface area contributed by atoms with Crippen molar-refractivity contribution in [3.63, 3.8) is 0 Å². The minimum Gasteiger partial charge on any atom is -0.382 e. The molecule has 234 valence electrons. The summed E-state index contributed by atoms with van der Waals surface area (Å²) >= 11 is 0. The first kappa shape index (κ1) is 30.0. The smallest absolute Gasteiger partial charge is 0.382 e. The number of aliphatic hydroxyl groups excluding tert-OH is 1. The van der Waals surface area contributed by atoms with E-state index in [-0.39, 0.29) is 11.6 Å². The van der Waals surface area contributed by atoms with Crippen molar-refractivity contribution in [3.8, 4) is 0 Å². The Labute approximate surface area is 257 Å². The topological polar surface area (TPSA) is 24.1 Å². The van der Waals surface area contributed by atoms with Crippen molar-refractivity contribution in [1.29, 1.82) is 0 Å². The van der Waals surface area contributed by atoms with Crippen LogP contribution in [0.3, 0.4) is 0 Å². The maximum Gasteiger partial charge on any atom is 0.416 e. The highest BCUT2D eigenvalue weighted by molar-refractivity contribution is 5.79. The number of halogens is 6. The van der Waals surface area contributed by atoms with Gasteiger partial charge in [-0.05, 0) is 36.2 Å². The summed E-state index contributed by atoms with van der Waals surface area (Å²) in [5.41, 5.74) is 1.80. The van der Waals surface area contributed by atoms with Crippen LogP contribution in [0.1, 0.15) is 53.2 Å². The van der Waals surface area contributed by atoms with Gasteiger partial charge in [0.25, 0.3) is 0 Å². The van der Waals surface area contributed by atoms with E-state index >= 15 is 0 Å². The van der Waals surface area contributed by atoms with E-state index in [1.165, 1.54) is 12.1 Å². The zero-order valence-electron chi connectivity index (χ0n) is 24.5. The number of benzene rings is 3. The van der Waals surface area contributed by atoms with Gasteiger partial charge in [-0.3, -0.25) is 0 Å². The Morgan fingerprint density at radius 1 is 0.867 bits per heavy atom. The van der Waals surface area contributed by atoms with Gasteiger partial charge in [-0.25, -0.2) is 0 Å². The molecule has 0 amide bonds. The summed E-state index contributed by atoms with van der Waals surface area (Å²) < 4.78 is 81.7. The lowest BCUT2D eigenvalue weighted by Gasteiger charge is -2.70. The third-order valence-electron chi connectivity index (χ3n) is 11.0. The first-order valence-corrected chi connectivity index (χ1v) is 15.3. The lowest BCUT2D eigenvalue weighted by Crippen LogP contribution is -2.82. The summed E-state index contributed by atoms with van der Waals surface area (Å²) in [6, 6.07) is 20.0. The van der Waals surface area contributed by atoms with Gasteiger partial charge in [0.05, 0.1) is 29.5 Å². The molecule has 4 aromatic rings. The summed E-state index contributed by atoms with van der Waals surface area (Å²) in [5, 5.41) is 13.0. The quantitative estimate of drug-likeness (QED) is 0.0959. The second-order valence-corrected chi connectivity index (χ2v) is 13.0. The van der Waals surface area contributed by atoms with Gasteiger partial charge in [0, 0.05) is 47.6 Å². The standard InChI is InChI=1S/C36H34F6N2O/c1-2-25-19-34-20-32(44(34,18-16-30(25)34)22-24-9-13-27(14-10-24)36(40,41)42)33(45)29-15-17-43(31-6-4-3-5-28(29)31)21-23-7-11-26(12-8-23)35(37,38)39/h2-15,17,25,30,32-33,45H,1,16,18-22H2/q+2/t25?,30?,32?,33-,34?,44?/m0/s1. The van der Waals surface area contributed by atoms with Gasteiger partial charge in [-0.1, -0.05) is 42.5 Å². The highest BCUT2D eigenvalue weighted by Crippen LogP contribution is 2.70. The van der Waals surface area contributed by atoms with E-state index in [1.807, 2.05) is 47.2 Å². The summed E-state index contributed by atoms with van der Waals surface area (Å²) in [5.74, 6) is 0.865. The molecule has 0 radical (unpaired) electrons. The maximum atomic E-state index is 13.3. The van der Waals surface area contributed by atoms with Crippen LogP contribution >= 0.6 is 0 Å². The van der Waals surface area contributed by atoms with E-state index in [9.17, 15) is 31.4 Å². The molecule has 2 saturated heterocycles. The number of rotatable bonds is 7. The second kappa shape index (κ2) is 10.4. The molecule has 1 spiro atoms. The van der Waals surface area contributed by atoms with Crippen LogP contribution in [0.15, 0.2) is 97.7 Å². The first-order chi connectivity index (χ1) is 21.4. The zero-order chi connectivity index (χ0) is 31.8. The number of hydrogen-bond acceptors (Lipinski definition) is 1. The van der Waals surface area contributed by atoms with Crippen molar-refractivity contribution in [2.75, 3.05) is 6.54 Å². The van der Waals surface area contributed by atoms with Crippen molar-refractivity contribution in [2.24, 2.45) is 11.8 Å². The zero-order valence-corrected chi connectivity index (χ0v) is 24.5. The maximum absolute atomic E-state index is 13.3. The van der Waals surface area contributed by atoms with Crippen LogP contribution in [-0.4, -0.2) is 27.7 Å². The van der Waals surface area contributed by atoms with Crippen LogP contribution < -0.4 is 4.57 Å². The van der Waals surface area contributed by atoms with Crippen molar-refractivity contribution < 1.29 is 40.5 Å². The highest BCUT2D eigenvalue weighted by Gasteiger charge is 2.79. The lowest BCUT2D eigenvalue weighted by molar-refractivity contribution is -1.05. The highest BCUT2D eigenvalue weighted by atomic mass is 19.4. The molecule has 9 heteroatoms. The number of alkyl halides is 6. The van der Waals surface area contributed by atoms with Crippen LogP contribution in [-0.2, 0) is 25.4 Å². The number of fused-ring (bicyclic) bond motifs is 1. The number of pyridine rings is 1. The number of aliphatic hydroxyl groups is 1. The average Bonchev–Trinajstić information content (AvgIpc) is 3.16. The number of quaternary nitrogens is 1. The molecule has 6 atom stereocenters. The summed E-state index contributed by atoms with van der Waals surface area (Å²) in [4.78, 5) is 0. The van der Waals surface area contributed by atoms with Crippen LogP contribution in [0.25, 0.3) is 10.9 Å². The van der Waals surface area contributed by atoms with Gasteiger partial charge in [-0.2, -0.15) is 30.9 Å². The van der Waals surface area contributed by atoms with Crippen LogP contribution in [0, 0.1) is 11.8 Å². The monoisotopic (exact) mass is 624 g/mol. The molecule has 3 aliphatic rings. The van der Waals surface area contributed by atoms with E-state index in [0.29, 0.717) is 29.4 Å². The number of allylic oxidation sites excluding steroid dienone is 1. The minimum absolute atomic E-state index is 0.0136. The molecule has 1 aliphatic carbocycles. The molecule has 45 heavy (non-hydrogen) atoms. The number of para-hydroxylation sites is 1. The Morgan fingerprint density at radius 2 is 1.49 bits per heavy atom. The molecule has 2 aliphatic heterocycles. The van der Waals surface area contributed by atoms with Crippen LogP contribution in [0.5, 0.6) is 0 Å². The van der Waals surface area contributed by atoms with Gasteiger partial charge in [0.15, 0.2) is 12.7 Å². The Morgan fingerprint density at radius 3 is 2.11 bits per heavy atom. The van der Waals surface area contributed by atoms with E-state index in [2.05, 4.69) is 6.58 Å². The molecule has 0 bridgehead atoms. The third-order valence-corrected chi connectivity index (χ3v) is 11.0. The predicted octanol–water partition coefficient (Wildman–Crippen LogP) is 8.00. The van der Waals surface area contributed by atoms with Crippen molar-refractivity contribution in [1.82, 2.24) is 0 Å². The number of aromatic nitrogens is 1. The Bertz CT molecular complexity index is 1750. The Balaban J connectivity index is 1.21. The molecule has 3 fully saturated rings. The largest absolute Gasteiger partial charge is 0.416 e. The van der Waals surface area contributed by atoms with Crippen molar-refractivity contribution >= 4 is 10.9 Å². The first-order valence-electron chi connectivity index (χ1n) is 15.3. The average molecular weight is 625 g/mol. The number of hydrogen-bond donors (Lipinski definition) is 1. The van der Waals surface area contributed by atoms with Crippen LogP contribution in [0.2, 0.25) is 0 Å². The molecule has 7 rings (SSSR count). The normalized spacial score (nSPS) is 28.1. The molecule has 5 unspecified atom stereocenters. The van der Waals surface area contributed by atoms with E-state index < -0.39 is 29.6 Å². The fourth-order valence-electron chi connectivity index (χ4n) is 8.88. The van der Waals surface area contributed by atoms with Crippen molar-refractivity contribution in [3.05, 3.63) is 126 Å². The van der Waals surface area contributed by atoms with Gasteiger partial charge < -0.3 is 9.59 Å². The molecular weight excluding hydrogens is 590 g/mol. The van der Waals surface area contributed by atoms with Gasteiger partial charge in [-0.15, -0.1) is 6.58 Å². The van der Waals surface area contributed by atoms with Gasteiger partial charge in [0.1, 0.15) is 24.2 Å². The molecule has 3 nitrogen and oxygen atoms in total. The van der Waals surface area contributed by atoms with Gasteiger partial charge in [0.2, 0.25) is 5.52 Å². The summed E-state index contributed by atoms with van der Waals surface area (Å²) in [6.07, 6.45) is -2.92.